The molecule has 4 rings (SSSR count). The summed E-state index contributed by atoms with van der Waals surface area (Å²) >= 11 is 0. The number of hydrogen-bond acceptors (Lipinski definition) is 8. The number of rotatable bonds is 7. The van der Waals surface area contributed by atoms with E-state index in [1.54, 1.807) is 19.1 Å². The highest BCUT2D eigenvalue weighted by Gasteiger charge is 2.53. The van der Waals surface area contributed by atoms with Crippen LogP contribution in [0.3, 0.4) is 0 Å². The first-order valence-corrected chi connectivity index (χ1v) is 12.2. The molecule has 0 saturated carbocycles. The van der Waals surface area contributed by atoms with Crippen LogP contribution < -0.4 is 4.74 Å². The minimum atomic E-state index is -1.03. The van der Waals surface area contributed by atoms with Gasteiger partial charge in [0.2, 0.25) is 0 Å². The van der Waals surface area contributed by atoms with Crippen molar-refractivity contribution in [3.8, 4) is 11.5 Å². The molecule has 3 aliphatic heterocycles. The molecule has 0 aromatic heterocycles. The molecule has 2 saturated heterocycles. The Labute approximate surface area is 211 Å². The van der Waals surface area contributed by atoms with E-state index in [9.17, 15) is 14.7 Å². The number of aromatic hydroxyl groups is 1. The third-order valence-electron chi connectivity index (χ3n) is 7.28. The van der Waals surface area contributed by atoms with Crippen molar-refractivity contribution in [1.82, 2.24) is 0 Å². The molecule has 0 radical (unpaired) electrons. The number of fused-ring (bicyclic) bond motifs is 3. The first-order valence-electron chi connectivity index (χ1n) is 12.2. The predicted molar refractivity (Wildman–Crippen MR) is 131 cm³/mol. The molecule has 8 nitrogen and oxygen atoms in total. The van der Waals surface area contributed by atoms with Gasteiger partial charge in [0.1, 0.15) is 12.2 Å². The molecular weight excluding hydrogens is 464 g/mol. The first-order chi connectivity index (χ1) is 17.0. The lowest BCUT2D eigenvalue weighted by Gasteiger charge is -2.36. The Balaban J connectivity index is 1.58. The lowest BCUT2D eigenvalue weighted by molar-refractivity contribution is -0.238. The average Bonchev–Trinajstić information content (AvgIpc) is 3.30. The van der Waals surface area contributed by atoms with Gasteiger partial charge in [-0.3, -0.25) is 0 Å². The van der Waals surface area contributed by atoms with E-state index in [1.165, 1.54) is 7.11 Å². The minimum Gasteiger partial charge on any atom is -0.504 e. The van der Waals surface area contributed by atoms with Crippen LogP contribution in [-0.4, -0.2) is 54.9 Å². The van der Waals surface area contributed by atoms with Crippen LogP contribution in [0.15, 0.2) is 54.2 Å². The summed E-state index contributed by atoms with van der Waals surface area (Å²) < 4.78 is 29.6. The van der Waals surface area contributed by atoms with E-state index in [0.717, 1.165) is 11.1 Å². The number of ether oxygens (including phenoxy) is 5. The van der Waals surface area contributed by atoms with Crippen LogP contribution in [0.2, 0.25) is 0 Å². The molecule has 36 heavy (non-hydrogen) atoms. The smallest absolute Gasteiger partial charge is 0.334 e. The zero-order chi connectivity index (χ0) is 26.2. The van der Waals surface area contributed by atoms with Gasteiger partial charge in [-0.15, -0.1) is 0 Å². The summed E-state index contributed by atoms with van der Waals surface area (Å²) in [4.78, 5) is 24.9. The quantitative estimate of drug-likeness (QED) is 0.342. The number of hydrogen-bond donors (Lipinski definition) is 1. The van der Waals surface area contributed by atoms with E-state index >= 15 is 0 Å². The van der Waals surface area contributed by atoms with Crippen LogP contribution in [-0.2, 0) is 35.0 Å². The summed E-state index contributed by atoms with van der Waals surface area (Å²) in [6.45, 7) is 13.5. The second-order valence-corrected chi connectivity index (χ2v) is 9.91. The lowest BCUT2D eigenvalue weighted by atomic mass is 9.81. The molecule has 3 aliphatic rings. The molecule has 2 bridgehead atoms. The van der Waals surface area contributed by atoms with Crippen LogP contribution in [0, 0.1) is 11.8 Å². The van der Waals surface area contributed by atoms with Gasteiger partial charge in [0.05, 0.1) is 25.7 Å². The lowest BCUT2D eigenvalue weighted by Crippen LogP contribution is -2.42. The van der Waals surface area contributed by atoms with Gasteiger partial charge in [-0.2, -0.15) is 0 Å². The maximum Gasteiger partial charge on any atom is 0.334 e. The molecule has 194 valence electrons. The van der Waals surface area contributed by atoms with Crippen LogP contribution in [0.5, 0.6) is 11.5 Å². The summed E-state index contributed by atoms with van der Waals surface area (Å²) in [6.07, 6.45) is 1.86. The van der Waals surface area contributed by atoms with Crippen LogP contribution in [0.1, 0.15) is 39.2 Å². The highest BCUT2D eigenvalue weighted by atomic mass is 16.7. The minimum absolute atomic E-state index is 0.0781. The van der Waals surface area contributed by atoms with Crippen molar-refractivity contribution in [1.29, 1.82) is 0 Å². The fraction of sp³-hybridized carbons (Fsp3) is 0.500. The number of phenols is 1. The Kier molecular flexibility index (Phi) is 7.29. The summed E-state index contributed by atoms with van der Waals surface area (Å²) in [6, 6.07) is 5.18. The van der Waals surface area contributed by atoms with Gasteiger partial charge in [-0.1, -0.05) is 26.1 Å². The van der Waals surface area contributed by atoms with Crippen molar-refractivity contribution < 1.29 is 38.4 Å². The second kappa shape index (κ2) is 10.1. The zero-order valence-electron chi connectivity index (χ0n) is 21.2. The van der Waals surface area contributed by atoms with Gasteiger partial charge < -0.3 is 28.8 Å². The molecule has 0 unspecified atom stereocenters. The van der Waals surface area contributed by atoms with E-state index in [0.29, 0.717) is 37.2 Å². The fourth-order valence-electron chi connectivity index (χ4n) is 5.21. The van der Waals surface area contributed by atoms with Gasteiger partial charge in [-0.25, -0.2) is 9.59 Å². The van der Waals surface area contributed by atoms with E-state index in [1.807, 2.05) is 26.0 Å². The van der Waals surface area contributed by atoms with Crippen molar-refractivity contribution in [2.24, 2.45) is 11.8 Å². The molecule has 0 aliphatic carbocycles. The SMILES string of the molecule is C=C(C)C(=O)O[C@H]1C[C@@H](C)[C@@]2(OCCc3ccc(O)c(OC)c3)C=C(C)[C@@H](C[C@H]3OC(=O)C(=C)[C@H]13)O2. The van der Waals surface area contributed by atoms with Gasteiger partial charge in [0.25, 0.3) is 0 Å². The van der Waals surface area contributed by atoms with E-state index in [-0.39, 0.29) is 23.3 Å². The van der Waals surface area contributed by atoms with Gasteiger partial charge in [0.15, 0.2) is 17.3 Å². The molecule has 3 heterocycles. The van der Waals surface area contributed by atoms with Crippen molar-refractivity contribution in [2.75, 3.05) is 13.7 Å². The Bertz CT molecular complexity index is 1100. The Morgan fingerprint density at radius 1 is 1.31 bits per heavy atom. The van der Waals surface area contributed by atoms with Crippen molar-refractivity contribution in [3.05, 3.63) is 59.7 Å². The zero-order valence-corrected chi connectivity index (χ0v) is 21.2. The largest absolute Gasteiger partial charge is 0.504 e. The number of esters is 2. The molecule has 8 heteroatoms. The molecular formula is C28H34O8. The summed E-state index contributed by atoms with van der Waals surface area (Å²) in [5, 5.41) is 9.86. The summed E-state index contributed by atoms with van der Waals surface area (Å²) in [7, 11) is 1.51. The van der Waals surface area contributed by atoms with E-state index in [2.05, 4.69) is 13.2 Å². The van der Waals surface area contributed by atoms with E-state index in [4.69, 9.17) is 23.7 Å². The predicted octanol–water partition coefficient (Wildman–Crippen LogP) is 4.02. The third kappa shape index (κ3) is 4.92. The van der Waals surface area contributed by atoms with Crippen molar-refractivity contribution in [2.45, 2.75) is 64.1 Å². The normalized spacial score (nSPS) is 31.4. The monoisotopic (exact) mass is 498 g/mol. The standard InChI is InChI=1S/C28H34O8/c1-15(2)26(30)34-23-11-17(4)28(33-10-9-19-7-8-20(29)22(12-19)32-6)14-16(3)21(36-28)13-24-25(23)18(5)27(31)35-24/h7-8,12,14,17,21,23-25,29H,1,5,9-11,13H2,2-4,6H3/t17-,21-,23+,24-,25-,28-/m1/s1. The molecule has 1 aromatic rings. The van der Waals surface area contributed by atoms with Crippen molar-refractivity contribution >= 4 is 11.9 Å². The van der Waals surface area contributed by atoms with Crippen molar-refractivity contribution in [3.63, 3.8) is 0 Å². The van der Waals surface area contributed by atoms with Gasteiger partial charge >= 0.3 is 11.9 Å². The molecule has 1 N–H and O–H groups in total. The van der Waals surface area contributed by atoms with Gasteiger partial charge in [-0.05, 0) is 56.0 Å². The topological polar surface area (TPSA) is 101 Å². The Hall–Kier alpha value is -3.10. The highest BCUT2D eigenvalue weighted by Crippen LogP contribution is 2.46. The number of carbonyl (C=O) groups is 2. The first kappa shape index (κ1) is 26.0. The van der Waals surface area contributed by atoms with Crippen LogP contribution in [0.25, 0.3) is 0 Å². The molecule has 6 atom stereocenters. The fourth-order valence-corrected chi connectivity index (χ4v) is 5.21. The summed E-state index contributed by atoms with van der Waals surface area (Å²) in [5.41, 5.74) is 2.52. The number of methoxy groups -OCH3 is 1. The Morgan fingerprint density at radius 3 is 2.75 bits per heavy atom. The number of benzene rings is 1. The maximum absolute atomic E-state index is 12.5. The molecule has 2 fully saturated rings. The average molecular weight is 499 g/mol. The van der Waals surface area contributed by atoms with Crippen LogP contribution >= 0.6 is 0 Å². The van der Waals surface area contributed by atoms with Crippen LogP contribution in [0.4, 0.5) is 0 Å². The summed E-state index contributed by atoms with van der Waals surface area (Å²) in [5.74, 6) is -2.25. The number of phenolic OH excluding ortho intramolecular Hbond substituents is 1. The maximum atomic E-state index is 12.5. The molecule has 0 spiro atoms. The van der Waals surface area contributed by atoms with E-state index < -0.39 is 35.9 Å². The van der Waals surface area contributed by atoms with Gasteiger partial charge in [0, 0.05) is 23.5 Å². The third-order valence-corrected chi connectivity index (χ3v) is 7.28. The molecule has 1 aromatic carbocycles. The highest BCUT2D eigenvalue weighted by molar-refractivity contribution is 5.91. The second-order valence-electron chi connectivity index (χ2n) is 9.91. The number of carbonyl (C=O) groups excluding carboxylic acids is 2. The Morgan fingerprint density at radius 2 is 2.06 bits per heavy atom. The molecule has 0 amide bonds.